The van der Waals surface area contributed by atoms with Crippen LogP contribution in [0.5, 0.6) is 0 Å². The molecule has 4 N–H and O–H groups in total. The Morgan fingerprint density at radius 3 is 2.41 bits per heavy atom. The molecule has 0 saturated heterocycles. The molecule has 0 fully saturated rings. The molecule has 0 aliphatic rings. The van der Waals surface area contributed by atoms with E-state index in [9.17, 15) is 17.2 Å². The molecule has 0 saturated carbocycles. The lowest BCUT2D eigenvalue weighted by molar-refractivity contribution is 0.156. The highest BCUT2D eigenvalue weighted by molar-refractivity contribution is 7.89. The van der Waals surface area contributed by atoms with E-state index in [1.807, 2.05) is 0 Å². The number of hydrogen-bond donors (Lipinski definition) is 2. The lowest BCUT2D eigenvalue weighted by Crippen LogP contribution is -2.24. The summed E-state index contributed by atoms with van der Waals surface area (Å²) in [5.74, 6) is 0. The first kappa shape index (κ1) is 13.7. The molecule has 0 unspecified atom stereocenters. The normalized spacial score (nSPS) is 11.8. The highest BCUT2D eigenvalue weighted by Gasteiger charge is 2.14. The van der Waals surface area contributed by atoms with Crippen LogP contribution in [0.15, 0.2) is 23.1 Å². The molecule has 0 bridgehead atoms. The second-order valence-electron chi connectivity index (χ2n) is 3.58. The van der Waals surface area contributed by atoms with Crippen molar-refractivity contribution in [2.75, 3.05) is 24.2 Å². The van der Waals surface area contributed by atoms with Gasteiger partial charge in [-0.1, -0.05) is 0 Å². The number of hydrogen-bond acceptors (Lipinski definition) is 4. The molecule has 0 atom stereocenters. The van der Waals surface area contributed by atoms with Gasteiger partial charge < -0.3 is 10.6 Å². The predicted molar refractivity (Wildman–Crippen MR) is 61.5 cm³/mol. The fraction of sp³-hybridized carbons (Fsp3) is 0.333. The zero-order chi connectivity index (χ0) is 13.2. The van der Waals surface area contributed by atoms with Crippen molar-refractivity contribution in [2.24, 2.45) is 5.14 Å². The van der Waals surface area contributed by atoms with Gasteiger partial charge in [-0.25, -0.2) is 22.3 Å². The van der Waals surface area contributed by atoms with Gasteiger partial charge in [0.1, 0.15) is 0 Å². The van der Waals surface area contributed by atoms with Gasteiger partial charge in [-0.05, 0) is 18.2 Å². The summed E-state index contributed by atoms with van der Waals surface area (Å²) in [6.45, 7) is -0.520. The van der Waals surface area contributed by atoms with Gasteiger partial charge in [0.05, 0.1) is 11.4 Å². The van der Waals surface area contributed by atoms with Crippen molar-refractivity contribution in [1.29, 1.82) is 0 Å². The second-order valence-corrected chi connectivity index (χ2v) is 5.14. The Kier molecular flexibility index (Phi) is 3.89. The number of alkyl halides is 2. The molecule has 96 valence electrons. The van der Waals surface area contributed by atoms with Gasteiger partial charge in [-0.15, -0.1) is 0 Å². The van der Waals surface area contributed by atoms with Crippen LogP contribution in [-0.2, 0) is 10.0 Å². The van der Waals surface area contributed by atoms with E-state index in [0.717, 1.165) is 0 Å². The van der Waals surface area contributed by atoms with Gasteiger partial charge in [0.15, 0.2) is 0 Å². The van der Waals surface area contributed by atoms with Gasteiger partial charge >= 0.3 is 0 Å². The third kappa shape index (κ3) is 3.82. The van der Waals surface area contributed by atoms with Gasteiger partial charge in [0.25, 0.3) is 6.43 Å². The quantitative estimate of drug-likeness (QED) is 0.781. The molecule has 17 heavy (non-hydrogen) atoms. The SMILES string of the molecule is CN(CC(F)F)c1cc(N)cc(S(N)(=O)=O)c1. The fourth-order valence-electron chi connectivity index (χ4n) is 1.30. The summed E-state index contributed by atoms with van der Waals surface area (Å²) in [5.41, 5.74) is 5.91. The molecule has 0 aliphatic heterocycles. The lowest BCUT2D eigenvalue weighted by Gasteiger charge is -2.19. The lowest BCUT2D eigenvalue weighted by atomic mass is 10.2. The summed E-state index contributed by atoms with van der Waals surface area (Å²) in [7, 11) is -2.49. The average molecular weight is 265 g/mol. The Labute approximate surface area is 98.1 Å². The van der Waals surface area contributed by atoms with Crippen LogP contribution < -0.4 is 15.8 Å². The molecule has 8 heteroatoms. The highest BCUT2D eigenvalue weighted by Crippen LogP contribution is 2.22. The second kappa shape index (κ2) is 4.84. The molecule has 0 heterocycles. The maximum atomic E-state index is 12.2. The summed E-state index contributed by atoms with van der Waals surface area (Å²) >= 11 is 0. The van der Waals surface area contributed by atoms with Crippen LogP contribution in [0.2, 0.25) is 0 Å². The predicted octanol–water partition coefficient (Wildman–Crippen LogP) is 0.617. The number of benzene rings is 1. The first-order valence-corrected chi connectivity index (χ1v) is 6.17. The molecular weight excluding hydrogens is 252 g/mol. The number of halogens is 2. The smallest absolute Gasteiger partial charge is 0.255 e. The third-order valence-electron chi connectivity index (χ3n) is 2.09. The van der Waals surface area contributed by atoms with E-state index < -0.39 is 23.0 Å². The van der Waals surface area contributed by atoms with Crippen LogP contribution in [0.25, 0.3) is 0 Å². The number of nitrogens with zero attached hydrogens (tertiary/aromatic N) is 1. The van der Waals surface area contributed by atoms with Crippen molar-refractivity contribution in [1.82, 2.24) is 0 Å². The van der Waals surface area contributed by atoms with E-state index in [4.69, 9.17) is 10.9 Å². The third-order valence-corrected chi connectivity index (χ3v) is 2.99. The maximum absolute atomic E-state index is 12.2. The van der Waals surface area contributed by atoms with E-state index in [1.165, 1.54) is 30.1 Å². The van der Waals surface area contributed by atoms with E-state index in [1.54, 1.807) is 0 Å². The van der Waals surface area contributed by atoms with Gasteiger partial charge in [-0.3, -0.25) is 0 Å². The molecule has 1 aromatic carbocycles. The van der Waals surface area contributed by atoms with E-state index in [-0.39, 0.29) is 16.3 Å². The summed E-state index contributed by atoms with van der Waals surface area (Å²) in [5, 5.41) is 4.95. The highest BCUT2D eigenvalue weighted by atomic mass is 32.2. The molecular formula is C9H13F2N3O2S. The number of nitrogens with two attached hydrogens (primary N) is 2. The first-order valence-electron chi connectivity index (χ1n) is 4.63. The average Bonchev–Trinajstić information content (AvgIpc) is 2.14. The minimum atomic E-state index is -3.90. The zero-order valence-electron chi connectivity index (χ0n) is 9.10. The van der Waals surface area contributed by atoms with Crippen LogP contribution in [0.3, 0.4) is 0 Å². The number of nitrogen functional groups attached to an aromatic ring is 1. The van der Waals surface area contributed by atoms with Crippen molar-refractivity contribution >= 4 is 21.4 Å². The molecule has 0 radical (unpaired) electrons. The summed E-state index contributed by atoms with van der Waals surface area (Å²) in [4.78, 5) is 1.00. The Morgan fingerprint density at radius 2 is 1.94 bits per heavy atom. The number of sulfonamides is 1. The molecule has 0 spiro atoms. The monoisotopic (exact) mass is 265 g/mol. The Morgan fingerprint density at radius 1 is 1.35 bits per heavy atom. The minimum Gasteiger partial charge on any atom is -0.399 e. The first-order chi connectivity index (χ1) is 7.70. The molecule has 1 rings (SSSR count). The molecule has 0 aromatic heterocycles. The van der Waals surface area contributed by atoms with Gasteiger partial charge in [-0.2, -0.15) is 0 Å². The number of anilines is 2. The Bertz CT molecular complexity index is 505. The molecule has 1 aromatic rings. The van der Waals surface area contributed by atoms with Crippen LogP contribution in [0.4, 0.5) is 20.2 Å². The van der Waals surface area contributed by atoms with E-state index >= 15 is 0 Å². The summed E-state index contributed by atoms with van der Waals surface area (Å²) in [6, 6.07) is 3.78. The van der Waals surface area contributed by atoms with Crippen LogP contribution >= 0.6 is 0 Å². The Balaban J connectivity index is 3.14. The van der Waals surface area contributed by atoms with Crippen molar-refractivity contribution < 1.29 is 17.2 Å². The van der Waals surface area contributed by atoms with Crippen LogP contribution in [0.1, 0.15) is 0 Å². The van der Waals surface area contributed by atoms with Crippen molar-refractivity contribution in [3.63, 3.8) is 0 Å². The summed E-state index contributed by atoms with van der Waals surface area (Å²) in [6.07, 6.45) is -2.53. The molecule has 0 amide bonds. The van der Waals surface area contributed by atoms with Crippen LogP contribution in [-0.4, -0.2) is 28.4 Å². The zero-order valence-corrected chi connectivity index (χ0v) is 9.92. The van der Waals surface area contributed by atoms with Crippen molar-refractivity contribution in [3.8, 4) is 0 Å². The van der Waals surface area contributed by atoms with Crippen molar-refractivity contribution in [2.45, 2.75) is 11.3 Å². The maximum Gasteiger partial charge on any atom is 0.255 e. The van der Waals surface area contributed by atoms with Gasteiger partial charge in [0, 0.05) is 18.4 Å². The number of rotatable bonds is 4. The Hall–Kier alpha value is -1.41. The number of primary sulfonamides is 1. The fourth-order valence-corrected chi connectivity index (χ4v) is 1.89. The van der Waals surface area contributed by atoms with Gasteiger partial charge in [0.2, 0.25) is 10.0 Å². The van der Waals surface area contributed by atoms with E-state index in [2.05, 4.69) is 0 Å². The molecule has 0 aliphatic carbocycles. The molecule has 5 nitrogen and oxygen atoms in total. The topological polar surface area (TPSA) is 89.4 Å². The minimum absolute atomic E-state index is 0.146. The standard InChI is InChI=1S/C9H13F2N3O2S/c1-14(5-9(10)11)7-2-6(12)3-8(4-7)17(13,15)16/h2-4,9H,5,12H2,1H3,(H2,13,15,16). The van der Waals surface area contributed by atoms with Crippen LogP contribution in [0, 0.1) is 0 Å². The summed E-state index contributed by atoms with van der Waals surface area (Å²) < 4.78 is 46.7. The largest absolute Gasteiger partial charge is 0.399 e. The van der Waals surface area contributed by atoms with E-state index in [0.29, 0.717) is 0 Å². The van der Waals surface area contributed by atoms with Crippen molar-refractivity contribution in [3.05, 3.63) is 18.2 Å².